The molecule has 0 bridgehead atoms. The molecule has 0 aliphatic rings. The number of hydrogen-bond donors (Lipinski definition) is 1. The first-order valence-electron chi connectivity index (χ1n) is 6.66. The smallest absolute Gasteiger partial charge is 0.0720 e. The molecule has 0 aliphatic heterocycles. The molecule has 1 nitrogen and oxygen atoms in total. The number of unbranched alkanes of at least 4 members (excludes halogenated alkanes) is 6. The zero-order valence-electron chi connectivity index (χ0n) is 10.5. The van der Waals surface area contributed by atoms with E-state index in [1.54, 1.807) is 0 Å². The zero-order valence-corrected chi connectivity index (χ0v) is 10.5. The zero-order chi connectivity index (χ0) is 11.4. The lowest BCUT2D eigenvalue weighted by molar-refractivity contribution is 0.211. The Kier molecular flexibility index (Phi) is 11.5. The second-order valence-electron chi connectivity index (χ2n) is 4.34. The van der Waals surface area contributed by atoms with Crippen molar-refractivity contribution >= 4 is 0 Å². The minimum atomic E-state index is -0.213. The number of rotatable bonds is 10. The molecule has 0 aromatic carbocycles. The summed E-state index contributed by atoms with van der Waals surface area (Å²) in [6, 6.07) is 0. The predicted octanol–water partition coefficient (Wildman–Crippen LogP) is 4.45. The second-order valence-corrected chi connectivity index (χ2v) is 4.34. The van der Waals surface area contributed by atoms with E-state index in [9.17, 15) is 5.11 Å². The van der Waals surface area contributed by atoms with Crippen molar-refractivity contribution in [2.75, 3.05) is 0 Å². The van der Waals surface area contributed by atoms with Crippen molar-refractivity contribution in [2.45, 2.75) is 77.7 Å². The van der Waals surface area contributed by atoms with Crippen LogP contribution in [-0.4, -0.2) is 11.2 Å². The Bertz CT molecular complexity index is 140. The molecule has 1 N–H and O–H groups in total. The maximum Gasteiger partial charge on any atom is 0.0720 e. The van der Waals surface area contributed by atoms with Crippen LogP contribution < -0.4 is 0 Å². The van der Waals surface area contributed by atoms with Gasteiger partial charge in [-0.3, -0.25) is 0 Å². The normalized spacial score (nSPS) is 13.5. The van der Waals surface area contributed by atoms with Crippen LogP contribution in [0.15, 0.2) is 12.2 Å². The highest BCUT2D eigenvalue weighted by Gasteiger charge is 1.94. The SMILES string of the molecule is CCCCCCCCC=CC(O)CCC. The summed E-state index contributed by atoms with van der Waals surface area (Å²) >= 11 is 0. The number of hydrogen-bond acceptors (Lipinski definition) is 1. The predicted molar refractivity (Wildman–Crippen MR) is 68.0 cm³/mol. The summed E-state index contributed by atoms with van der Waals surface area (Å²) in [7, 11) is 0. The second kappa shape index (κ2) is 11.8. The van der Waals surface area contributed by atoms with Crippen LogP contribution in [0.3, 0.4) is 0 Å². The Morgan fingerprint density at radius 3 is 2.27 bits per heavy atom. The van der Waals surface area contributed by atoms with E-state index in [0.29, 0.717) is 0 Å². The van der Waals surface area contributed by atoms with Gasteiger partial charge in [0.1, 0.15) is 0 Å². The summed E-state index contributed by atoms with van der Waals surface area (Å²) in [4.78, 5) is 0. The number of aliphatic hydroxyl groups is 1. The molecule has 1 heteroatoms. The Hall–Kier alpha value is -0.300. The summed E-state index contributed by atoms with van der Waals surface area (Å²) in [5, 5.41) is 9.44. The quantitative estimate of drug-likeness (QED) is 0.419. The monoisotopic (exact) mass is 212 g/mol. The summed E-state index contributed by atoms with van der Waals surface area (Å²) < 4.78 is 0. The van der Waals surface area contributed by atoms with E-state index in [1.807, 2.05) is 6.08 Å². The van der Waals surface area contributed by atoms with Crippen molar-refractivity contribution in [1.29, 1.82) is 0 Å². The van der Waals surface area contributed by atoms with Crippen LogP contribution >= 0.6 is 0 Å². The van der Waals surface area contributed by atoms with E-state index in [1.165, 1.54) is 38.5 Å². The molecule has 0 aromatic rings. The highest BCUT2D eigenvalue weighted by Crippen LogP contribution is 2.07. The first kappa shape index (κ1) is 14.7. The van der Waals surface area contributed by atoms with Gasteiger partial charge >= 0.3 is 0 Å². The molecule has 1 atom stereocenters. The van der Waals surface area contributed by atoms with Gasteiger partial charge in [-0.25, -0.2) is 0 Å². The lowest BCUT2D eigenvalue weighted by Gasteiger charge is -2.01. The van der Waals surface area contributed by atoms with Gasteiger partial charge in [-0.1, -0.05) is 64.5 Å². The van der Waals surface area contributed by atoms with Gasteiger partial charge in [-0.15, -0.1) is 0 Å². The van der Waals surface area contributed by atoms with Crippen LogP contribution in [-0.2, 0) is 0 Å². The van der Waals surface area contributed by atoms with Crippen LogP contribution in [0.4, 0.5) is 0 Å². The van der Waals surface area contributed by atoms with Gasteiger partial charge in [-0.05, 0) is 19.3 Å². The fourth-order valence-electron chi connectivity index (χ4n) is 1.69. The maximum absolute atomic E-state index is 9.44. The van der Waals surface area contributed by atoms with Gasteiger partial charge < -0.3 is 5.11 Å². The summed E-state index contributed by atoms with van der Waals surface area (Å²) in [5.74, 6) is 0. The van der Waals surface area contributed by atoms with Crippen LogP contribution in [0.5, 0.6) is 0 Å². The van der Waals surface area contributed by atoms with E-state index in [2.05, 4.69) is 19.9 Å². The van der Waals surface area contributed by atoms with Crippen molar-refractivity contribution in [3.63, 3.8) is 0 Å². The fourth-order valence-corrected chi connectivity index (χ4v) is 1.69. The van der Waals surface area contributed by atoms with Crippen LogP contribution in [0.2, 0.25) is 0 Å². The van der Waals surface area contributed by atoms with Crippen LogP contribution in [0, 0.1) is 0 Å². The Balaban J connectivity index is 3.15. The third-order valence-electron chi connectivity index (χ3n) is 2.67. The lowest BCUT2D eigenvalue weighted by atomic mass is 10.1. The molecule has 1 unspecified atom stereocenters. The van der Waals surface area contributed by atoms with Crippen molar-refractivity contribution < 1.29 is 5.11 Å². The van der Waals surface area contributed by atoms with Crippen molar-refractivity contribution in [3.8, 4) is 0 Å². The summed E-state index contributed by atoms with van der Waals surface area (Å²) in [6.07, 6.45) is 15.0. The number of aliphatic hydroxyl groups excluding tert-OH is 1. The molecular formula is C14H28O. The molecule has 90 valence electrons. The standard InChI is InChI=1S/C14H28O/c1-3-5-6-7-8-9-10-11-13-14(15)12-4-2/h11,13-15H,3-10,12H2,1-2H3. The largest absolute Gasteiger partial charge is 0.389 e. The highest BCUT2D eigenvalue weighted by atomic mass is 16.3. The maximum atomic E-state index is 9.44. The summed E-state index contributed by atoms with van der Waals surface area (Å²) in [6.45, 7) is 4.35. The molecule has 0 amide bonds. The molecule has 0 aliphatic carbocycles. The first-order valence-corrected chi connectivity index (χ1v) is 6.66. The Morgan fingerprint density at radius 2 is 1.60 bits per heavy atom. The van der Waals surface area contributed by atoms with Gasteiger partial charge in [0, 0.05) is 0 Å². The third-order valence-corrected chi connectivity index (χ3v) is 2.67. The molecule has 0 spiro atoms. The highest BCUT2D eigenvalue weighted by molar-refractivity contribution is 4.88. The molecule has 0 rings (SSSR count). The van der Waals surface area contributed by atoms with Gasteiger partial charge in [0.25, 0.3) is 0 Å². The van der Waals surface area contributed by atoms with Crippen LogP contribution in [0.1, 0.15) is 71.6 Å². The van der Waals surface area contributed by atoms with Gasteiger partial charge in [-0.2, -0.15) is 0 Å². The Labute approximate surface area is 95.6 Å². The lowest BCUT2D eigenvalue weighted by Crippen LogP contribution is -1.99. The average Bonchev–Trinajstić information content (AvgIpc) is 2.22. The molecule has 0 heterocycles. The van der Waals surface area contributed by atoms with E-state index >= 15 is 0 Å². The van der Waals surface area contributed by atoms with Gasteiger partial charge in [0.2, 0.25) is 0 Å². The van der Waals surface area contributed by atoms with Gasteiger partial charge in [0.15, 0.2) is 0 Å². The van der Waals surface area contributed by atoms with Crippen molar-refractivity contribution in [1.82, 2.24) is 0 Å². The van der Waals surface area contributed by atoms with E-state index in [4.69, 9.17) is 0 Å². The van der Waals surface area contributed by atoms with Crippen molar-refractivity contribution in [3.05, 3.63) is 12.2 Å². The molecule has 15 heavy (non-hydrogen) atoms. The molecule has 0 radical (unpaired) electrons. The van der Waals surface area contributed by atoms with E-state index in [0.717, 1.165) is 19.3 Å². The minimum absolute atomic E-state index is 0.213. The topological polar surface area (TPSA) is 20.2 Å². The van der Waals surface area contributed by atoms with E-state index < -0.39 is 0 Å². The number of allylic oxidation sites excluding steroid dienone is 1. The molecule has 0 fully saturated rings. The molecule has 0 aromatic heterocycles. The van der Waals surface area contributed by atoms with Crippen molar-refractivity contribution in [2.24, 2.45) is 0 Å². The van der Waals surface area contributed by atoms with Gasteiger partial charge in [0.05, 0.1) is 6.10 Å². The fraction of sp³-hybridized carbons (Fsp3) is 0.857. The Morgan fingerprint density at radius 1 is 0.933 bits per heavy atom. The average molecular weight is 212 g/mol. The molecular weight excluding hydrogens is 184 g/mol. The first-order chi connectivity index (χ1) is 7.31. The summed E-state index contributed by atoms with van der Waals surface area (Å²) in [5.41, 5.74) is 0. The third kappa shape index (κ3) is 11.6. The minimum Gasteiger partial charge on any atom is -0.389 e. The van der Waals surface area contributed by atoms with Crippen LogP contribution in [0.25, 0.3) is 0 Å². The molecule has 0 saturated heterocycles. The van der Waals surface area contributed by atoms with E-state index in [-0.39, 0.29) is 6.10 Å². The molecule has 0 saturated carbocycles.